The van der Waals surface area contributed by atoms with Gasteiger partial charge in [0.15, 0.2) is 0 Å². The van der Waals surface area contributed by atoms with E-state index in [-0.39, 0.29) is 5.82 Å². The van der Waals surface area contributed by atoms with Gasteiger partial charge in [-0.1, -0.05) is 19.0 Å². The summed E-state index contributed by atoms with van der Waals surface area (Å²) in [7, 11) is 0. The van der Waals surface area contributed by atoms with Crippen molar-refractivity contribution in [3.05, 3.63) is 29.6 Å². The van der Waals surface area contributed by atoms with Crippen molar-refractivity contribution in [1.29, 1.82) is 0 Å². The number of rotatable bonds is 4. The van der Waals surface area contributed by atoms with E-state index in [0.29, 0.717) is 23.3 Å². The molecule has 0 aliphatic rings. The standard InChI is InChI=1S/C13H16FN3O/c1-8(2)7-15-13-16-12(17-18-13)10-4-9(3)5-11(14)6-10/h4-6,8H,7H2,1-3H3,(H,15,16,17). The van der Waals surface area contributed by atoms with Gasteiger partial charge in [-0.25, -0.2) is 4.39 Å². The molecule has 1 N–H and O–H groups in total. The fourth-order valence-corrected chi connectivity index (χ4v) is 1.57. The van der Waals surface area contributed by atoms with Crippen molar-refractivity contribution < 1.29 is 8.91 Å². The van der Waals surface area contributed by atoms with Crippen LogP contribution in [0.1, 0.15) is 19.4 Å². The maximum absolute atomic E-state index is 13.3. The van der Waals surface area contributed by atoms with Gasteiger partial charge in [-0.15, -0.1) is 0 Å². The van der Waals surface area contributed by atoms with Crippen molar-refractivity contribution in [2.75, 3.05) is 11.9 Å². The fraction of sp³-hybridized carbons (Fsp3) is 0.385. The third kappa shape index (κ3) is 3.06. The number of nitrogens with one attached hydrogen (secondary N) is 1. The summed E-state index contributed by atoms with van der Waals surface area (Å²) in [4.78, 5) is 4.18. The van der Waals surface area contributed by atoms with Gasteiger partial charge in [-0.05, 0) is 36.6 Å². The Kier molecular flexibility index (Phi) is 3.60. The first kappa shape index (κ1) is 12.5. The van der Waals surface area contributed by atoms with Gasteiger partial charge in [0.05, 0.1) is 0 Å². The second-order valence-electron chi connectivity index (χ2n) is 4.72. The SMILES string of the molecule is Cc1cc(F)cc(-c2noc(NCC(C)C)n2)c1. The van der Waals surface area contributed by atoms with Crippen molar-refractivity contribution in [2.45, 2.75) is 20.8 Å². The summed E-state index contributed by atoms with van der Waals surface area (Å²) in [6.07, 6.45) is 0. The van der Waals surface area contributed by atoms with E-state index in [2.05, 4.69) is 29.3 Å². The van der Waals surface area contributed by atoms with Crippen LogP contribution in [0.3, 0.4) is 0 Å². The third-order valence-electron chi connectivity index (χ3n) is 2.39. The van der Waals surface area contributed by atoms with E-state index in [1.54, 1.807) is 0 Å². The van der Waals surface area contributed by atoms with Gasteiger partial charge >= 0.3 is 6.01 Å². The van der Waals surface area contributed by atoms with Gasteiger partial charge in [-0.2, -0.15) is 4.98 Å². The second-order valence-corrected chi connectivity index (χ2v) is 4.72. The van der Waals surface area contributed by atoms with Crippen molar-refractivity contribution >= 4 is 6.01 Å². The highest BCUT2D eigenvalue weighted by Crippen LogP contribution is 2.20. The maximum atomic E-state index is 13.3. The van der Waals surface area contributed by atoms with Crippen LogP contribution in [0.5, 0.6) is 0 Å². The van der Waals surface area contributed by atoms with Gasteiger partial charge in [0, 0.05) is 12.1 Å². The van der Waals surface area contributed by atoms with E-state index in [1.165, 1.54) is 12.1 Å². The number of anilines is 1. The van der Waals surface area contributed by atoms with Crippen molar-refractivity contribution in [1.82, 2.24) is 10.1 Å². The zero-order valence-electron chi connectivity index (χ0n) is 10.7. The number of nitrogens with zero attached hydrogens (tertiary/aromatic N) is 2. The maximum Gasteiger partial charge on any atom is 0.321 e. The lowest BCUT2D eigenvalue weighted by Crippen LogP contribution is -2.07. The lowest BCUT2D eigenvalue weighted by molar-refractivity contribution is 0.429. The minimum atomic E-state index is -0.300. The molecule has 1 aromatic carbocycles. The van der Waals surface area contributed by atoms with Gasteiger partial charge < -0.3 is 9.84 Å². The van der Waals surface area contributed by atoms with Crippen LogP contribution in [0.15, 0.2) is 22.7 Å². The highest BCUT2D eigenvalue weighted by atomic mass is 19.1. The Hall–Kier alpha value is -1.91. The minimum Gasteiger partial charge on any atom is -0.337 e. The zero-order chi connectivity index (χ0) is 13.1. The molecule has 0 bridgehead atoms. The average molecular weight is 249 g/mol. The largest absolute Gasteiger partial charge is 0.337 e. The van der Waals surface area contributed by atoms with E-state index in [9.17, 15) is 4.39 Å². The molecule has 1 aromatic heterocycles. The number of aryl methyl sites for hydroxylation is 1. The fourth-order valence-electron chi connectivity index (χ4n) is 1.57. The molecule has 5 heteroatoms. The molecule has 0 unspecified atom stereocenters. The first-order valence-electron chi connectivity index (χ1n) is 5.90. The molecule has 0 fully saturated rings. The van der Waals surface area contributed by atoms with Gasteiger partial charge in [-0.3, -0.25) is 0 Å². The number of hydrogen-bond donors (Lipinski definition) is 1. The zero-order valence-corrected chi connectivity index (χ0v) is 10.7. The number of aromatic nitrogens is 2. The molecule has 0 atom stereocenters. The van der Waals surface area contributed by atoms with E-state index >= 15 is 0 Å². The molecule has 18 heavy (non-hydrogen) atoms. The second kappa shape index (κ2) is 5.16. The first-order valence-corrected chi connectivity index (χ1v) is 5.90. The molecular formula is C13H16FN3O. The van der Waals surface area contributed by atoms with Crippen LogP contribution in [0.4, 0.5) is 10.4 Å². The van der Waals surface area contributed by atoms with Gasteiger partial charge in [0.25, 0.3) is 0 Å². The molecule has 0 radical (unpaired) electrons. The van der Waals surface area contributed by atoms with E-state index < -0.39 is 0 Å². The molecule has 2 rings (SSSR count). The third-order valence-corrected chi connectivity index (χ3v) is 2.39. The summed E-state index contributed by atoms with van der Waals surface area (Å²) < 4.78 is 18.3. The Morgan fingerprint density at radius 3 is 2.78 bits per heavy atom. The molecular weight excluding hydrogens is 233 g/mol. The van der Waals surface area contributed by atoms with Gasteiger partial charge in [0.2, 0.25) is 5.82 Å². The summed E-state index contributed by atoms with van der Waals surface area (Å²) in [5.41, 5.74) is 1.44. The van der Waals surface area contributed by atoms with Crippen LogP contribution in [-0.4, -0.2) is 16.7 Å². The predicted molar refractivity (Wildman–Crippen MR) is 67.8 cm³/mol. The molecule has 4 nitrogen and oxygen atoms in total. The van der Waals surface area contributed by atoms with Crippen molar-refractivity contribution in [2.24, 2.45) is 5.92 Å². The summed E-state index contributed by atoms with van der Waals surface area (Å²) in [5.74, 6) is 0.576. The highest BCUT2D eigenvalue weighted by molar-refractivity contribution is 5.56. The molecule has 0 saturated heterocycles. The molecule has 0 aliphatic carbocycles. The lowest BCUT2D eigenvalue weighted by Gasteiger charge is -2.02. The monoisotopic (exact) mass is 249 g/mol. The molecule has 0 saturated carbocycles. The Labute approximate surface area is 105 Å². The predicted octanol–water partition coefficient (Wildman–Crippen LogP) is 3.25. The highest BCUT2D eigenvalue weighted by Gasteiger charge is 2.10. The Balaban J connectivity index is 2.18. The van der Waals surface area contributed by atoms with Crippen molar-refractivity contribution in [3.8, 4) is 11.4 Å². The van der Waals surface area contributed by atoms with Crippen LogP contribution < -0.4 is 5.32 Å². The summed E-state index contributed by atoms with van der Waals surface area (Å²) >= 11 is 0. The molecule has 1 heterocycles. The van der Waals surface area contributed by atoms with Crippen LogP contribution in [0, 0.1) is 18.7 Å². The number of benzene rings is 1. The van der Waals surface area contributed by atoms with Gasteiger partial charge in [0.1, 0.15) is 5.82 Å². The average Bonchev–Trinajstić information content (AvgIpc) is 2.73. The number of hydrogen-bond acceptors (Lipinski definition) is 4. The molecule has 0 spiro atoms. The molecule has 96 valence electrons. The van der Waals surface area contributed by atoms with Crippen LogP contribution >= 0.6 is 0 Å². The molecule has 0 aliphatic heterocycles. The minimum absolute atomic E-state index is 0.300. The normalized spacial score (nSPS) is 10.9. The smallest absolute Gasteiger partial charge is 0.321 e. The Morgan fingerprint density at radius 1 is 1.33 bits per heavy atom. The lowest BCUT2D eigenvalue weighted by atomic mass is 10.1. The summed E-state index contributed by atoms with van der Waals surface area (Å²) in [5, 5.41) is 6.86. The van der Waals surface area contributed by atoms with E-state index in [0.717, 1.165) is 12.1 Å². The van der Waals surface area contributed by atoms with Crippen LogP contribution in [0.25, 0.3) is 11.4 Å². The first-order chi connectivity index (χ1) is 8.54. The molecule has 0 amide bonds. The summed E-state index contributed by atoms with van der Waals surface area (Å²) in [6.45, 7) is 6.74. The number of halogens is 1. The molecule has 2 aromatic rings. The summed E-state index contributed by atoms with van der Waals surface area (Å²) in [6, 6.07) is 5.03. The van der Waals surface area contributed by atoms with E-state index in [1.807, 2.05) is 13.0 Å². The quantitative estimate of drug-likeness (QED) is 0.903. The van der Waals surface area contributed by atoms with Crippen LogP contribution in [-0.2, 0) is 0 Å². The van der Waals surface area contributed by atoms with Crippen molar-refractivity contribution in [3.63, 3.8) is 0 Å². The topological polar surface area (TPSA) is 51.0 Å². The van der Waals surface area contributed by atoms with Crippen LogP contribution in [0.2, 0.25) is 0 Å². The Bertz CT molecular complexity index is 517. The van der Waals surface area contributed by atoms with E-state index in [4.69, 9.17) is 4.52 Å². The Morgan fingerprint density at radius 2 is 2.11 bits per heavy atom.